The molecule has 2 aromatic carbocycles. The molecule has 0 bridgehead atoms. The number of halogens is 1. The SMILES string of the molecule is CCOCCn1c(=NC(=O)c2ccc(S(=O)(=O)N(CCC#N)CCC#N)cc2)sc2cccc(Cl)c21. The first-order valence-electron chi connectivity index (χ1n) is 11.1. The summed E-state index contributed by atoms with van der Waals surface area (Å²) in [4.78, 5) is 17.7. The molecule has 0 radical (unpaired) electrons. The molecule has 0 aliphatic heterocycles. The quantitative estimate of drug-likeness (QED) is 0.335. The van der Waals surface area contributed by atoms with Gasteiger partial charge < -0.3 is 9.30 Å². The van der Waals surface area contributed by atoms with Crippen LogP contribution in [0.25, 0.3) is 10.2 Å². The Labute approximate surface area is 218 Å². The van der Waals surface area contributed by atoms with Crippen LogP contribution >= 0.6 is 22.9 Å². The summed E-state index contributed by atoms with van der Waals surface area (Å²) in [5.41, 5.74) is 0.987. The van der Waals surface area contributed by atoms with Crippen LogP contribution in [0, 0.1) is 22.7 Å². The molecule has 1 amide bonds. The minimum atomic E-state index is -3.93. The predicted octanol–water partition coefficient (Wildman–Crippen LogP) is 3.95. The van der Waals surface area contributed by atoms with Gasteiger partial charge in [-0.15, -0.1) is 0 Å². The zero-order chi connectivity index (χ0) is 26.1. The highest BCUT2D eigenvalue weighted by atomic mass is 35.5. The lowest BCUT2D eigenvalue weighted by molar-refractivity contribution is 0.0996. The molecule has 12 heteroatoms. The number of rotatable bonds is 11. The maximum absolute atomic E-state index is 13.0. The number of amides is 1. The molecule has 188 valence electrons. The van der Waals surface area contributed by atoms with Crippen molar-refractivity contribution in [1.82, 2.24) is 8.87 Å². The Hall–Kier alpha value is -3.06. The number of carbonyl (C=O) groups excluding carboxylic acids is 1. The van der Waals surface area contributed by atoms with Crippen LogP contribution in [-0.4, -0.2) is 49.5 Å². The number of nitrogens with zero attached hydrogens (tertiary/aromatic N) is 5. The van der Waals surface area contributed by atoms with Crippen molar-refractivity contribution in [3.05, 3.63) is 57.9 Å². The summed E-state index contributed by atoms with van der Waals surface area (Å²) in [6.07, 6.45) is 0.00513. The van der Waals surface area contributed by atoms with Crippen molar-refractivity contribution < 1.29 is 17.9 Å². The minimum Gasteiger partial charge on any atom is -0.380 e. The van der Waals surface area contributed by atoms with E-state index in [0.29, 0.717) is 29.6 Å². The third-order valence-corrected chi connectivity index (χ3v) is 8.46. The second-order valence-corrected chi connectivity index (χ2v) is 10.8. The lowest BCUT2D eigenvalue weighted by Crippen LogP contribution is -2.32. The number of hydrogen-bond acceptors (Lipinski definition) is 7. The molecule has 3 rings (SSSR count). The standard InChI is InChI=1S/C24H24ClN5O4S2/c1-2-34-17-16-30-22-20(25)6-3-7-21(22)35-24(30)28-23(31)18-8-10-19(11-9-18)36(32,33)29(14-4-12-26)15-5-13-27/h3,6-11H,2,4-5,14-17H2,1H3. The van der Waals surface area contributed by atoms with E-state index in [1.165, 1.54) is 35.6 Å². The maximum atomic E-state index is 13.0. The molecule has 9 nitrogen and oxygen atoms in total. The first-order valence-corrected chi connectivity index (χ1v) is 13.8. The summed E-state index contributed by atoms with van der Waals surface area (Å²) in [5, 5.41) is 18.2. The number of thiazole rings is 1. The fourth-order valence-corrected chi connectivity index (χ4v) is 6.31. The molecule has 0 atom stereocenters. The summed E-state index contributed by atoms with van der Waals surface area (Å²) in [6.45, 7) is 3.30. The maximum Gasteiger partial charge on any atom is 0.279 e. The van der Waals surface area contributed by atoms with Crippen LogP contribution in [0.4, 0.5) is 0 Å². The number of benzene rings is 2. The lowest BCUT2D eigenvalue weighted by atomic mass is 10.2. The number of para-hydroxylation sites is 1. The first-order chi connectivity index (χ1) is 17.3. The molecule has 1 heterocycles. The second-order valence-electron chi connectivity index (χ2n) is 7.48. The van der Waals surface area contributed by atoms with Crippen molar-refractivity contribution in [3.63, 3.8) is 0 Å². The van der Waals surface area contributed by atoms with Crippen molar-refractivity contribution in [3.8, 4) is 12.1 Å². The Balaban J connectivity index is 1.93. The zero-order valence-electron chi connectivity index (χ0n) is 19.6. The van der Waals surface area contributed by atoms with Crippen LogP contribution in [0.3, 0.4) is 0 Å². The van der Waals surface area contributed by atoms with Gasteiger partial charge >= 0.3 is 0 Å². The van der Waals surface area contributed by atoms with Gasteiger partial charge in [-0.3, -0.25) is 4.79 Å². The van der Waals surface area contributed by atoms with Gasteiger partial charge in [-0.2, -0.15) is 19.8 Å². The number of hydrogen-bond donors (Lipinski definition) is 0. The van der Waals surface area contributed by atoms with E-state index in [0.717, 1.165) is 14.5 Å². The topological polar surface area (TPSA) is 129 Å². The number of carbonyl (C=O) groups is 1. The zero-order valence-corrected chi connectivity index (χ0v) is 21.9. The molecule has 0 saturated carbocycles. The molecule has 0 N–H and O–H groups in total. The molecule has 3 aromatic rings. The van der Waals surface area contributed by atoms with Gasteiger partial charge in [0.05, 0.1) is 38.9 Å². The molecular formula is C24H24ClN5O4S2. The highest BCUT2D eigenvalue weighted by molar-refractivity contribution is 7.89. The van der Waals surface area contributed by atoms with Gasteiger partial charge in [0, 0.05) is 44.6 Å². The van der Waals surface area contributed by atoms with Crippen LogP contribution in [0.5, 0.6) is 0 Å². The first kappa shape index (κ1) is 27.5. The summed E-state index contributed by atoms with van der Waals surface area (Å²) in [6, 6.07) is 14.8. The van der Waals surface area contributed by atoms with E-state index in [1.54, 1.807) is 6.07 Å². The van der Waals surface area contributed by atoms with E-state index in [4.69, 9.17) is 26.9 Å². The minimum absolute atomic E-state index is 0.00257. The van der Waals surface area contributed by atoms with Gasteiger partial charge in [0.25, 0.3) is 5.91 Å². The van der Waals surface area contributed by atoms with Crippen molar-refractivity contribution in [2.75, 3.05) is 26.3 Å². The largest absolute Gasteiger partial charge is 0.380 e. The molecule has 0 fully saturated rings. The van der Waals surface area contributed by atoms with Crippen molar-refractivity contribution in [2.24, 2.45) is 4.99 Å². The second kappa shape index (κ2) is 12.8. The average molecular weight is 546 g/mol. The summed E-state index contributed by atoms with van der Waals surface area (Å²) in [5.74, 6) is -0.530. The highest BCUT2D eigenvalue weighted by Crippen LogP contribution is 2.25. The van der Waals surface area contributed by atoms with Crippen LogP contribution in [0.1, 0.15) is 30.1 Å². The molecule has 0 aliphatic rings. The predicted molar refractivity (Wildman–Crippen MR) is 137 cm³/mol. The third-order valence-electron chi connectivity index (χ3n) is 5.20. The van der Waals surface area contributed by atoms with E-state index < -0.39 is 15.9 Å². The smallest absolute Gasteiger partial charge is 0.279 e. The monoisotopic (exact) mass is 545 g/mol. The van der Waals surface area contributed by atoms with E-state index in [-0.39, 0.29) is 36.4 Å². The molecule has 0 spiro atoms. The van der Waals surface area contributed by atoms with Crippen LogP contribution in [0.15, 0.2) is 52.4 Å². The number of fused-ring (bicyclic) bond motifs is 1. The fourth-order valence-electron chi connectivity index (χ4n) is 3.45. The van der Waals surface area contributed by atoms with E-state index in [2.05, 4.69) is 4.99 Å². The normalized spacial score (nSPS) is 12.1. The van der Waals surface area contributed by atoms with Gasteiger partial charge in [0.1, 0.15) is 0 Å². The molecule has 0 saturated heterocycles. The molecule has 1 aromatic heterocycles. The number of nitriles is 2. The van der Waals surface area contributed by atoms with Gasteiger partial charge in [-0.1, -0.05) is 29.0 Å². The van der Waals surface area contributed by atoms with E-state index >= 15 is 0 Å². The molecule has 0 aliphatic carbocycles. The summed E-state index contributed by atoms with van der Waals surface area (Å²) >= 11 is 7.74. The number of ether oxygens (including phenoxy) is 1. The van der Waals surface area contributed by atoms with Crippen molar-refractivity contribution in [1.29, 1.82) is 10.5 Å². The Bertz CT molecular complexity index is 1460. The Morgan fingerprint density at radius 1 is 1.14 bits per heavy atom. The average Bonchev–Trinajstić information content (AvgIpc) is 3.22. The Morgan fingerprint density at radius 3 is 2.42 bits per heavy atom. The Kier molecular flexibility index (Phi) is 9.76. The Morgan fingerprint density at radius 2 is 1.81 bits per heavy atom. The number of sulfonamides is 1. The van der Waals surface area contributed by atoms with E-state index in [1.807, 2.05) is 35.8 Å². The summed E-state index contributed by atoms with van der Waals surface area (Å²) in [7, 11) is -3.93. The van der Waals surface area contributed by atoms with Gasteiger partial charge in [0.15, 0.2) is 4.80 Å². The van der Waals surface area contributed by atoms with Gasteiger partial charge in [-0.25, -0.2) is 8.42 Å². The van der Waals surface area contributed by atoms with Crippen LogP contribution in [0.2, 0.25) is 5.02 Å². The van der Waals surface area contributed by atoms with Gasteiger partial charge in [-0.05, 0) is 43.3 Å². The highest BCUT2D eigenvalue weighted by Gasteiger charge is 2.24. The van der Waals surface area contributed by atoms with E-state index in [9.17, 15) is 13.2 Å². The third kappa shape index (κ3) is 6.38. The van der Waals surface area contributed by atoms with Crippen LogP contribution in [-0.2, 0) is 21.3 Å². The number of aromatic nitrogens is 1. The molecular weight excluding hydrogens is 522 g/mol. The lowest BCUT2D eigenvalue weighted by Gasteiger charge is -2.20. The van der Waals surface area contributed by atoms with Crippen LogP contribution < -0.4 is 4.80 Å². The van der Waals surface area contributed by atoms with Gasteiger partial charge in [0.2, 0.25) is 10.0 Å². The fraction of sp³-hybridized carbons (Fsp3) is 0.333. The molecule has 36 heavy (non-hydrogen) atoms. The van der Waals surface area contributed by atoms with Crippen molar-refractivity contribution in [2.45, 2.75) is 31.2 Å². The summed E-state index contributed by atoms with van der Waals surface area (Å²) < 4.78 is 35.3. The molecule has 0 unspecified atom stereocenters. The van der Waals surface area contributed by atoms with Crippen molar-refractivity contribution >= 4 is 49.1 Å².